The number of nitrogens with zero attached hydrogens (tertiary/aromatic N) is 1. The molecule has 0 aliphatic heterocycles. The van der Waals surface area contributed by atoms with Crippen molar-refractivity contribution in [1.82, 2.24) is 15.5 Å². The number of nitrogens with two attached hydrogens (primary N) is 1. The SMILES string of the molecule is CCCCCCCCCCCCCCCCN(CCCCCCCCCCCCCCCC)C(CCCCCCCCCCCCCCCC)(CCCCCCCCCCCCCCCC)C(C)(C)C(C)(C)NCCCCNCCCN.Cl. The fraction of sp³-hybridized carbons (Fsp3) is 1.00. The fourth-order valence-corrected chi connectivity index (χ4v) is 14.2. The highest BCUT2D eigenvalue weighted by Crippen LogP contribution is 2.51. The molecule has 502 valence electrons. The van der Waals surface area contributed by atoms with Crippen LogP contribution in [0.2, 0.25) is 0 Å². The summed E-state index contributed by atoms with van der Waals surface area (Å²) in [6.45, 7) is 26.8. The molecule has 0 radical (unpaired) electrons. The van der Waals surface area contributed by atoms with Gasteiger partial charge in [-0.1, -0.05) is 388 Å². The molecule has 0 unspecified atom stereocenters. The van der Waals surface area contributed by atoms with Crippen LogP contribution in [0.15, 0.2) is 0 Å². The first kappa shape index (κ1) is 85.2. The highest BCUT2D eigenvalue weighted by atomic mass is 35.5. The zero-order valence-corrected chi connectivity index (χ0v) is 60.1. The molecule has 0 bridgehead atoms. The summed E-state index contributed by atoms with van der Waals surface area (Å²) < 4.78 is 0. The standard InChI is InChI=1S/C78H162N4.ClH/c1-9-13-17-21-25-29-33-37-41-45-49-53-57-61-68-78(69-62-58-54-50-46-42-38-34-30-26-22-18-14-10-2,76(5,6)77(7,8)81-73-64-63-71-80-72-67-70-79)82(74-65-59-55-51-47-43-39-35-31-27-23-19-15-11-3)75-66-60-56-52-48-44-40-36-32-28-24-20-16-12-4;/h80-81H,9-75,79H2,1-8H3;1H. The van der Waals surface area contributed by atoms with Gasteiger partial charge in [-0.15, -0.1) is 12.4 Å². The predicted octanol–water partition coefficient (Wildman–Crippen LogP) is 26.3. The van der Waals surface area contributed by atoms with Crippen molar-refractivity contribution in [3.8, 4) is 0 Å². The van der Waals surface area contributed by atoms with Crippen molar-refractivity contribution in [2.24, 2.45) is 11.1 Å². The van der Waals surface area contributed by atoms with E-state index in [0.717, 1.165) is 32.6 Å². The van der Waals surface area contributed by atoms with E-state index < -0.39 is 0 Å². The summed E-state index contributed by atoms with van der Waals surface area (Å²) in [6.07, 6.45) is 87.0. The molecule has 0 fully saturated rings. The van der Waals surface area contributed by atoms with E-state index in [2.05, 4.69) is 70.9 Å². The molecule has 0 aliphatic carbocycles. The summed E-state index contributed by atoms with van der Waals surface area (Å²) in [4.78, 5) is 3.25. The van der Waals surface area contributed by atoms with Gasteiger partial charge in [-0.3, -0.25) is 4.90 Å². The van der Waals surface area contributed by atoms with Crippen molar-refractivity contribution in [2.45, 2.75) is 458 Å². The van der Waals surface area contributed by atoms with Gasteiger partial charge < -0.3 is 16.4 Å². The molecule has 0 spiro atoms. The Balaban J connectivity index is 0. The monoisotopic (exact) mass is 1190 g/mol. The largest absolute Gasteiger partial charge is 0.330 e. The van der Waals surface area contributed by atoms with E-state index >= 15 is 0 Å². The van der Waals surface area contributed by atoms with Crippen LogP contribution in [-0.2, 0) is 0 Å². The second-order valence-corrected chi connectivity index (χ2v) is 28.7. The van der Waals surface area contributed by atoms with Gasteiger partial charge in [-0.2, -0.15) is 0 Å². The summed E-state index contributed by atoms with van der Waals surface area (Å²) >= 11 is 0. The molecule has 0 saturated carbocycles. The van der Waals surface area contributed by atoms with E-state index in [9.17, 15) is 0 Å². The van der Waals surface area contributed by atoms with Crippen LogP contribution in [0, 0.1) is 5.41 Å². The molecule has 0 saturated heterocycles. The Labute approximate surface area is 533 Å². The normalized spacial score (nSPS) is 12.4. The van der Waals surface area contributed by atoms with E-state index in [4.69, 9.17) is 5.73 Å². The average molecular weight is 1190 g/mol. The maximum atomic E-state index is 5.82. The zero-order chi connectivity index (χ0) is 59.9. The Morgan fingerprint density at radius 3 is 0.735 bits per heavy atom. The minimum atomic E-state index is 0. The molecule has 0 aromatic rings. The van der Waals surface area contributed by atoms with Crippen LogP contribution in [0.1, 0.15) is 447 Å². The third-order valence-electron chi connectivity index (χ3n) is 20.7. The summed E-state index contributed by atoms with van der Waals surface area (Å²) in [5, 5.41) is 7.99. The lowest BCUT2D eigenvalue weighted by Crippen LogP contribution is -2.68. The number of nitrogens with one attached hydrogen (secondary N) is 2. The van der Waals surface area contributed by atoms with Crippen molar-refractivity contribution < 1.29 is 0 Å². The molecule has 0 rings (SSSR count). The van der Waals surface area contributed by atoms with Crippen LogP contribution in [0.4, 0.5) is 0 Å². The van der Waals surface area contributed by atoms with Gasteiger partial charge in [-0.05, 0) is 98.1 Å². The van der Waals surface area contributed by atoms with Crippen LogP contribution in [0.5, 0.6) is 0 Å². The van der Waals surface area contributed by atoms with E-state index in [1.807, 2.05) is 0 Å². The van der Waals surface area contributed by atoms with Crippen LogP contribution in [-0.4, -0.2) is 55.2 Å². The Bertz CT molecular complexity index is 1130. The number of unbranched alkanes of at least 4 members (excludes halogenated alkanes) is 53. The topological polar surface area (TPSA) is 53.3 Å². The van der Waals surface area contributed by atoms with Gasteiger partial charge >= 0.3 is 0 Å². The van der Waals surface area contributed by atoms with Crippen LogP contribution < -0.4 is 16.4 Å². The van der Waals surface area contributed by atoms with Crippen molar-refractivity contribution in [3.63, 3.8) is 0 Å². The molecule has 5 heteroatoms. The summed E-state index contributed by atoms with van der Waals surface area (Å²) in [7, 11) is 0. The summed E-state index contributed by atoms with van der Waals surface area (Å²) in [6, 6.07) is 0. The first-order valence-corrected chi connectivity index (χ1v) is 39.1. The Morgan fingerprint density at radius 2 is 0.482 bits per heavy atom. The molecule has 83 heavy (non-hydrogen) atoms. The van der Waals surface area contributed by atoms with Gasteiger partial charge in [0.1, 0.15) is 0 Å². The predicted molar refractivity (Wildman–Crippen MR) is 384 cm³/mol. The van der Waals surface area contributed by atoms with E-state index in [-0.39, 0.29) is 28.9 Å². The minimum absolute atomic E-state index is 0. The summed E-state index contributed by atoms with van der Waals surface area (Å²) in [5.41, 5.74) is 6.15. The Hall–Kier alpha value is 0.130. The van der Waals surface area contributed by atoms with Crippen molar-refractivity contribution in [1.29, 1.82) is 0 Å². The van der Waals surface area contributed by atoms with Gasteiger partial charge in [0, 0.05) is 16.5 Å². The molecule has 4 nitrogen and oxygen atoms in total. The van der Waals surface area contributed by atoms with Crippen LogP contribution in [0.3, 0.4) is 0 Å². The highest BCUT2D eigenvalue weighted by molar-refractivity contribution is 5.85. The minimum Gasteiger partial charge on any atom is -0.330 e. The highest BCUT2D eigenvalue weighted by Gasteiger charge is 2.54. The zero-order valence-electron chi connectivity index (χ0n) is 59.3. The number of rotatable bonds is 72. The van der Waals surface area contributed by atoms with Crippen molar-refractivity contribution in [3.05, 3.63) is 0 Å². The number of hydrogen-bond donors (Lipinski definition) is 3. The Morgan fingerprint density at radius 1 is 0.265 bits per heavy atom. The molecular weight excluding hydrogens is 1030 g/mol. The molecule has 0 aromatic heterocycles. The maximum Gasteiger partial charge on any atom is 0.0277 e. The van der Waals surface area contributed by atoms with Crippen LogP contribution in [0.25, 0.3) is 0 Å². The van der Waals surface area contributed by atoms with Gasteiger partial charge in [-0.25, -0.2) is 0 Å². The van der Waals surface area contributed by atoms with Crippen molar-refractivity contribution in [2.75, 3.05) is 39.3 Å². The van der Waals surface area contributed by atoms with E-state index in [0.29, 0.717) is 0 Å². The molecule has 0 aromatic carbocycles. The van der Waals surface area contributed by atoms with Gasteiger partial charge in [0.05, 0.1) is 0 Å². The van der Waals surface area contributed by atoms with Crippen molar-refractivity contribution >= 4 is 12.4 Å². The van der Waals surface area contributed by atoms with Crippen LogP contribution >= 0.6 is 12.4 Å². The summed E-state index contributed by atoms with van der Waals surface area (Å²) in [5.74, 6) is 0. The molecule has 0 aliphatic rings. The lowest BCUT2D eigenvalue weighted by molar-refractivity contribution is -0.0801. The quantitative estimate of drug-likeness (QED) is 0.0531. The third kappa shape index (κ3) is 51.6. The average Bonchev–Trinajstić information content (AvgIpc) is 2.82. The first-order valence-electron chi connectivity index (χ1n) is 39.1. The molecular formula is C78H163ClN4. The van der Waals surface area contributed by atoms with E-state index in [1.54, 1.807) is 0 Å². The van der Waals surface area contributed by atoms with Gasteiger partial charge in [0.25, 0.3) is 0 Å². The number of halogens is 1. The Kier molecular flexibility index (Phi) is 68.3. The lowest BCUT2D eigenvalue weighted by atomic mass is 9.57. The maximum absolute atomic E-state index is 5.82. The first-order chi connectivity index (χ1) is 40.2. The smallest absolute Gasteiger partial charge is 0.0277 e. The molecule has 0 atom stereocenters. The second kappa shape index (κ2) is 66.5. The van der Waals surface area contributed by atoms with Gasteiger partial charge in [0.15, 0.2) is 0 Å². The third-order valence-corrected chi connectivity index (χ3v) is 20.7. The van der Waals surface area contributed by atoms with E-state index in [1.165, 1.54) is 398 Å². The molecule has 0 amide bonds. The molecule has 4 N–H and O–H groups in total. The number of hydrogen-bond acceptors (Lipinski definition) is 4. The lowest BCUT2D eigenvalue weighted by Gasteiger charge is -2.61. The molecule has 0 heterocycles. The van der Waals surface area contributed by atoms with Gasteiger partial charge in [0.2, 0.25) is 0 Å². The second-order valence-electron chi connectivity index (χ2n) is 28.7. The fourth-order valence-electron chi connectivity index (χ4n) is 14.2.